The molecule has 0 fully saturated rings. The second-order valence-corrected chi connectivity index (χ2v) is 5.96. The lowest BCUT2D eigenvalue weighted by Crippen LogP contribution is -1.98. The minimum Gasteiger partial charge on any atom is -0.383 e. The Kier molecular flexibility index (Phi) is 3.36. The molecule has 0 amide bonds. The van der Waals surface area contributed by atoms with Gasteiger partial charge in [-0.3, -0.25) is 0 Å². The van der Waals surface area contributed by atoms with Gasteiger partial charge in [0.1, 0.15) is 5.82 Å². The molecule has 0 spiro atoms. The summed E-state index contributed by atoms with van der Waals surface area (Å²) in [5.41, 5.74) is 8.78. The third-order valence-corrected chi connectivity index (χ3v) is 3.70. The highest BCUT2D eigenvalue weighted by Crippen LogP contribution is 2.27. The Morgan fingerprint density at radius 1 is 1.10 bits per heavy atom. The van der Waals surface area contributed by atoms with E-state index in [1.165, 1.54) is 0 Å². The van der Waals surface area contributed by atoms with Crippen LogP contribution >= 0.6 is 27.5 Å². The Morgan fingerprint density at radius 2 is 1.90 bits per heavy atom. The molecule has 3 aromatic rings. The standard InChI is InChI=1S/C15H11BrClN3/c1-8-4-9(6-11(17)5-8)15-19-13-3-2-10(16)7-12(13)14(18)20-15/h2-7H,1H3,(H2,18,19,20). The number of rotatable bonds is 1. The zero-order valence-electron chi connectivity index (χ0n) is 10.7. The fraction of sp³-hybridized carbons (Fsp3) is 0.0667. The van der Waals surface area contributed by atoms with Crippen molar-refractivity contribution in [3.05, 3.63) is 51.5 Å². The Labute approximate surface area is 129 Å². The summed E-state index contributed by atoms with van der Waals surface area (Å²) in [6.07, 6.45) is 0. The Balaban J connectivity index is 2.24. The topological polar surface area (TPSA) is 51.8 Å². The number of halogens is 2. The maximum atomic E-state index is 6.09. The van der Waals surface area contributed by atoms with Gasteiger partial charge in [0.05, 0.1) is 5.52 Å². The van der Waals surface area contributed by atoms with E-state index < -0.39 is 0 Å². The summed E-state index contributed by atoms with van der Waals surface area (Å²) in [5, 5.41) is 1.50. The molecule has 0 saturated carbocycles. The minimum atomic E-state index is 0.462. The molecule has 0 atom stereocenters. The van der Waals surface area contributed by atoms with Crippen LogP contribution in [0.15, 0.2) is 40.9 Å². The number of nitrogens with zero attached hydrogens (tertiary/aromatic N) is 2. The molecule has 0 radical (unpaired) electrons. The molecule has 3 nitrogen and oxygen atoms in total. The summed E-state index contributed by atoms with van der Waals surface area (Å²) in [6.45, 7) is 1.98. The monoisotopic (exact) mass is 347 g/mol. The molecule has 2 N–H and O–H groups in total. The van der Waals surface area contributed by atoms with E-state index in [2.05, 4.69) is 25.9 Å². The van der Waals surface area contributed by atoms with Gasteiger partial charge in [0.2, 0.25) is 0 Å². The van der Waals surface area contributed by atoms with E-state index in [9.17, 15) is 0 Å². The molecule has 2 aromatic carbocycles. The molecular formula is C15H11BrClN3. The predicted molar refractivity (Wildman–Crippen MR) is 86.8 cm³/mol. The molecular weight excluding hydrogens is 338 g/mol. The van der Waals surface area contributed by atoms with Gasteiger partial charge in [-0.2, -0.15) is 0 Å². The SMILES string of the molecule is Cc1cc(Cl)cc(-c2nc(N)c3cc(Br)ccc3n2)c1. The largest absolute Gasteiger partial charge is 0.383 e. The van der Waals surface area contributed by atoms with Crippen molar-refractivity contribution in [3.63, 3.8) is 0 Å². The number of hydrogen-bond donors (Lipinski definition) is 1. The van der Waals surface area contributed by atoms with Gasteiger partial charge in [-0.25, -0.2) is 9.97 Å². The van der Waals surface area contributed by atoms with Crippen LogP contribution in [0.5, 0.6) is 0 Å². The maximum Gasteiger partial charge on any atom is 0.162 e. The highest BCUT2D eigenvalue weighted by Gasteiger charge is 2.09. The van der Waals surface area contributed by atoms with Crippen LogP contribution < -0.4 is 5.73 Å². The quantitative estimate of drug-likeness (QED) is 0.699. The van der Waals surface area contributed by atoms with Gasteiger partial charge < -0.3 is 5.73 Å². The summed E-state index contributed by atoms with van der Waals surface area (Å²) in [4.78, 5) is 8.94. The average Bonchev–Trinajstić information content (AvgIpc) is 2.38. The third kappa shape index (κ3) is 2.49. The molecule has 5 heteroatoms. The highest BCUT2D eigenvalue weighted by molar-refractivity contribution is 9.10. The summed E-state index contributed by atoms with van der Waals surface area (Å²) < 4.78 is 0.951. The number of benzene rings is 2. The van der Waals surface area contributed by atoms with Crippen LogP contribution in [0.3, 0.4) is 0 Å². The van der Waals surface area contributed by atoms with E-state index in [1.807, 2.05) is 43.3 Å². The molecule has 0 aliphatic heterocycles. The lowest BCUT2D eigenvalue weighted by atomic mass is 10.1. The van der Waals surface area contributed by atoms with E-state index in [0.717, 1.165) is 26.5 Å². The summed E-state index contributed by atoms with van der Waals surface area (Å²) in [7, 11) is 0. The van der Waals surface area contributed by atoms with Crippen molar-refractivity contribution < 1.29 is 0 Å². The molecule has 0 aliphatic carbocycles. The van der Waals surface area contributed by atoms with Crippen LogP contribution in [-0.2, 0) is 0 Å². The zero-order valence-corrected chi connectivity index (χ0v) is 13.0. The van der Waals surface area contributed by atoms with Crippen LogP contribution in [-0.4, -0.2) is 9.97 Å². The van der Waals surface area contributed by atoms with Crippen molar-refractivity contribution in [2.24, 2.45) is 0 Å². The van der Waals surface area contributed by atoms with Crippen molar-refractivity contribution in [1.82, 2.24) is 9.97 Å². The minimum absolute atomic E-state index is 0.462. The first-order valence-corrected chi connectivity index (χ1v) is 7.20. The molecule has 0 unspecified atom stereocenters. The summed E-state index contributed by atoms with van der Waals surface area (Å²) in [5.74, 6) is 1.05. The fourth-order valence-corrected chi connectivity index (χ4v) is 2.77. The molecule has 20 heavy (non-hydrogen) atoms. The number of aryl methyl sites for hydroxylation is 1. The number of aromatic nitrogens is 2. The van der Waals surface area contributed by atoms with E-state index in [4.69, 9.17) is 17.3 Å². The molecule has 1 heterocycles. The van der Waals surface area contributed by atoms with Crippen LogP contribution in [0.4, 0.5) is 5.82 Å². The first kappa shape index (κ1) is 13.3. The lowest BCUT2D eigenvalue weighted by Gasteiger charge is -2.07. The Hall–Kier alpha value is -1.65. The van der Waals surface area contributed by atoms with Crippen LogP contribution in [0.1, 0.15) is 5.56 Å². The number of nitrogen functional groups attached to an aromatic ring is 1. The Morgan fingerprint density at radius 3 is 2.65 bits per heavy atom. The van der Waals surface area contributed by atoms with Crippen molar-refractivity contribution in [1.29, 1.82) is 0 Å². The van der Waals surface area contributed by atoms with E-state index in [0.29, 0.717) is 16.7 Å². The average molecular weight is 349 g/mol. The number of nitrogens with two attached hydrogens (primary N) is 1. The van der Waals surface area contributed by atoms with Crippen molar-refractivity contribution in [2.75, 3.05) is 5.73 Å². The summed E-state index contributed by atoms with van der Waals surface area (Å²) >= 11 is 9.51. The van der Waals surface area contributed by atoms with E-state index >= 15 is 0 Å². The molecule has 0 bridgehead atoms. The first-order chi connectivity index (χ1) is 9.52. The van der Waals surface area contributed by atoms with Gasteiger partial charge in [-0.15, -0.1) is 0 Å². The molecule has 100 valence electrons. The van der Waals surface area contributed by atoms with Crippen molar-refractivity contribution in [3.8, 4) is 11.4 Å². The molecule has 3 rings (SSSR count). The summed E-state index contributed by atoms with van der Waals surface area (Å²) in [6, 6.07) is 11.5. The number of fused-ring (bicyclic) bond motifs is 1. The zero-order chi connectivity index (χ0) is 14.3. The lowest BCUT2D eigenvalue weighted by molar-refractivity contribution is 1.23. The van der Waals surface area contributed by atoms with Gasteiger partial charge in [0.25, 0.3) is 0 Å². The smallest absolute Gasteiger partial charge is 0.162 e. The third-order valence-electron chi connectivity index (χ3n) is 2.99. The first-order valence-electron chi connectivity index (χ1n) is 6.03. The fourth-order valence-electron chi connectivity index (χ4n) is 2.12. The number of anilines is 1. The Bertz CT molecular complexity index is 797. The normalized spacial score (nSPS) is 10.9. The highest BCUT2D eigenvalue weighted by atomic mass is 79.9. The molecule has 1 aromatic heterocycles. The molecule has 0 saturated heterocycles. The van der Waals surface area contributed by atoms with Gasteiger partial charge in [-0.1, -0.05) is 27.5 Å². The molecule has 0 aliphatic rings. The van der Waals surface area contributed by atoms with Crippen molar-refractivity contribution in [2.45, 2.75) is 6.92 Å². The van der Waals surface area contributed by atoms with Crippen molar-refractivity contribution >= 4 is 44.3 Å². The van der Waals surface area contributed by atoms with Crippen LogP contribution in [0.25, 0.3) is 22.3 Å². The van der Waals surface area contributed by atoms with Crippen LogP contribution in [0.2, 0.25) is 5.02 Å². The van der Waals surface area contributed by atoms with Gasteiger partial charge in [-0.05, 0) is 48.9 Å². The van der Waals surface area contributed by atoms with Gasteiger partial charge in [0, 0.05) is 20.4 Å². The maximum absolute atomic E-state index is 6.09. The van der Waals surface area contributed by atoms with Gasteiger partial charge >= 0.3 is 0 Å². The number of hydrogen-bond acceptors (Lipinski definition) is 3. The second-order valence-electron chi connectivity index (χ2n) is 4.61. The van der Waals surface area contributed by atoms with Gasteiger partial charge in [0.15, 0.2) is 5.82 Å². The second kappa shape index (κ2) is 5.04. The van der Waals surface area contributed by atoms with E-state index in [-0.39, 0.29) is 0 Å². The van der Waals surface area contributed by atoms with E-state index in [1.54, 1.807) is 0 Å². The predicted octanol–water partition coefficient (Wildman–Crippen LogP) is 4.60. The van der Waals surface area contributed by atoms with Crippen LogP contribution in [0, 0.1) is 6.92 Å².